The molecule has 1 fully saturated rings. The van der Waals surface area contributed by atoms with Crippen molar-refractivity contribution in [3.63, 3.8) is 0 Å². The van der Waals surface area contributed by atoms with E-state index in [1.54, 1.807) is 13.0 Å². The molecule has 7 heteroatoms. The van der Waals surface area contributed by atoms with Gasteiger partial charge in [0.25, 0.3) is 5.91 Å². The summed E-state index contributed by atoms with van der Waals surface area (Å²) in [5, 5.41) is 9.57. The molecule has 1 aliphatic heterocycles. The molecule has 0 atom stereocenters. The Morgan fingerprint density at radius 2 is 1.63 bits per heavy atom. The SMILES string of the molecule is CC(=O)N1CCCCCCCN(CCC(C)C)Cc2cc(C(=O)N(CC(=O)O)CC3CCCCC3)ccc21. The van der Waals surface area contributed by atoms with Gasteiger partial charge < -0.3 is 14.9 Å². The summed E-state index contributed by atoms with van der Waals surface area (Å²) in [6.45, 7) is 9.62. The van der Waals surface area contributed by atoms with Gasteiger partial charge in [0.1, 0.15) is 6.54 Å². The van der Waals surface area contributed by atoms with Crippen molar-refractivity contribution in [2.24, 2.45) is 11.8 Å². The number of carboxylic acid groups (broad SMARTS) is 1. The topological polar surface area (TPSA) is 81.2 Å². The van der Waals surface area contributed by atoms with Crippen LogP contribution in [-0.2, 0) is 16.1 Å². The fraction of sp³-hybridized carbons (Fsp3) is 0.710. The summed E-state index contributed by atoms with van der Waals surface area (Å²) >= 11 is 0. The molecule has 7 nitrogen and oxygen atoms in total. The zero-order chi connectivity index (χ0) is 27.5. The molecule has 0 unspecified atom stereocenters. The van der Waals surface area contributed by atoms with Crippen LogP contribution in [0.4, 0.5) is 5.69 Å². The van der Waals surface area contributed by atoms with Crippen LogP contribution in [0.15, 0.2) is 18.2 Å². The summed E-state index contributed by atoms with van der Waals surface area (Å²) in [6, 6.07) is 5.63. The molecule has 0 spiro atoms. The van der Waals surface area contributed by atoms with Gasteiger partial charge in [-0.05, 0) is 80.8 Å². The van der Waals surface area contributed by atoms with Crippen LogP contribution in [-0.4, -0.2) is 65.4 Å². The van der Waals surface area contributed by atoms with Crippen molar-refractivity contribution >= 4 is 23.5 Å². The second-order valence-electron chi connectivity index (χ2n) is 11.8. The highest BCUT2D eigenvalue weighted by Gasteiger charge is 2.26. The molecular formula is C31H49N3O4. The van der Waals surface area contributed by atoms with Gasteiger partial charge in [0.15, 0.2) is 0 Å². The van der Waals surface area contributed by atoms with Crippen molar-refractivity contribution in [3.8, 4) is 0 Å². The molecule has 1 aromatic carbocycles. The van der Waals surface area contributed by atoms with Crippen LogP contribution in [0.1, 0.15) is 107 Å². The number of benzene rings is 1. The van der Waals surface area contributed by atoms with Crippen LogP contribution in [0.3, 0.4) is 0 Å². The average molecular weight is 528 g/mol. The number of amides is 2. The van der Waals surface area contributed by atoms with Gasteiger partial charge in [-0.25, -0.2) is 0 Å². The Morgan fingerprint density at radius 3 is 2.29 bits per heavy atom. The number of rotatable bonds is 8. The number of hydrogen-bond acceptors (Lipinski definition) is 4. The molecule has 3 rings (SSSR count). The minimum Gasteiger partial charge on any atom is -0.480 e. The standard InChI is InChI=1S/C31H49N3O4/c1-24(2)16-19-32-17-10-5-4-6-11-18-34(25(3)35)29-15-14-27(20-28(29)22-32)31(38)33(23-30(36)37)21-26-12-8-7-9-13-26/h14-15,20,24,26H,4-13,16-19,21-23H2,1-3H3,(H,36,37). The maximum absolute atomic E-state index is 13.7. The molecule has 0 aromatic heterocycles. The maximum atomic E-state index is 13.7. The van der Waals surface area contributed by atoms with Gasteiger partial charge >= 0.3 is 5.97 Å². The minimum atomic E-state index is -0.983. The monoisotopic (exact) mass is 527 g/mol. The van der Waals surface area contributed by atoms with Crippen molar-refractivity contribution in [3.05, 3.63) is 29.3 Å². The molecule has 1 aromatic rings. The van der Waals surface area contributed by atoms with Crippen LogP contribution in [0.25, 0.3) is 0 Å². The van der Waals surface area contributed by atoms with E-state index in [1.807, 2.05) is 17.0 Å². The van der Waals surface area contributed by atoms with Gasteiger partial charge in [-0.3, -0.25) is 19.3 Å². The molecule has 1 heterocycles. The molecule has 1 aliphatic carbocycles. The smallest absolute Gasteiger partial charge is 0.323 e. The van der Waals surface area contributed by atoms with Crippen molar-refractivity contribution in [1.82, 2.24) is 9.80 Å². The lowest BCUT2D eigenvalue weighted by Crippen LogP contribution is -2.40. The first-order chi connectivity index (χ1) is 18.2. The second kappa shape index (κ2) is 15.2. The lowest BCUT2D eigenvalue weighted by Gasteiger charge is -2.31. The molecular weight excluding hydrogens is 478 g/mol. The Kier molecular flexibility index (Phi) is 12.1. The lowest BCUT2D eigenvalue weighted by molar-refractivity contribution is -0.137. The first-order valence-electron chi connectivity index (χ1n) is 14.9. The average Bonchev–Trinajstić information content (AvgIpc) is 2.87. The minimum absolute atomic E-state index is 0.0147. The first kappa shape index (κ1) is 30.1. The molecule has 2 amide bonds. The van der Waals surface area contributed by atoms with E-state index < -0.39 is 5.97 Å². The number of carbonyl (C=O) groups excluding carboxylic acids is 2. The third kappa shape index (κ3) is 9.40. The highest BCUT2D eigenvalue weighted by molar-refractivity contribution is 5.98. The number of carbonyl (C=O) groups is 3. The van der Waals surface area contributed by atoms with Gasteiger partial charge in [0, 0.05) is 37.8 Å². The van der Waals surface area contributed by atoms with Crippen LogP contribution >= 0.6 is 0 Å². The Hall–Kier alpha value is -2.41. The summed E-state index contributed by atoms with van der Waals surface area (Å²) in [7, 11) is 0. The fourth-order valence-corrected chi connectivity index (χ4v) is 5.89. The zero-order valence-electron chi connectivity index (χ0n) is 23.9. The number of fused-ring (bicyclic) bond motifs is 1. The number of carboxylic acids is 1. The Bertz CT molecular complexity index is 926. The predicted molar refractivity (Wildman–Crippen MR) is 152 cm³/mol. The fourth-order valence-electron chi connectivity index (χ4n) is 5.89. The van der Waals surface area contributed by atoms with Crippen molar-refractivity contribution in [1.29, 1.82) is 0 Å². The van der Waals surface area contributed by atoms with Gasteiger partial charge in [0.05, 0.1) is 0 Å². The van der Waals surface area contributed by atoms with E-state index in [1.165, 1.54) is 24.2 Å². The summed E-state index contributed by atoms with van der Waals surface area (Å²) in [4.78, 5) is 43.9. The van der Waals surface area contributed by atoms with Gasteiger partial charge in [0.2, 0.25) is 5.91 Å². The Labute approximate surface area is 229 Å². The maximum Gasteiger partial charge on any atom is 0.323 e. The van der Waals surface area contributed by atoms with Crippen molar-refractivity contribution in [2.75, 3.05) is 37.6 Å². The van der Waals surface area contributed by atoms with Crippen LogP contribution in [0, 0.1) is 11.8 Å². The molecule has 1 N–H and O–H groups in total. The van der Waals surface area contributed by atoms with Gasteiger partial charge in [-0.2, -0.15) is 0 Å². The molecule has 212 valence electrons. The number of aliphatic carboxylic acids is 1. The highest BCUT2D eigenvalue weighted by atomic mass is 16.4. The molecule has 0 bridgehead atoms. The first-order valence-corrected chi connectivity index (χ1v) is 14.9. The van der Waals surface area contributed by atoms with E-state index in [9.17, 15) is 19.5 Å². The molecule has 0 radical (unpaired) electrons. The summed E-state index contributed by atoms with van der Waals surface area (Å²) in [6.07, 6.45) is 12.3. The van der Waals surface area contributed by atoms with Gasteiger partial charge in [-0.15, -0.1) is 0 Å². The van der Waals surface area contributed by atoms with E-state index >= 15 is 0 Å². The number of hydrogen-bond donors (Lipinski definition) is 1. The van der Waals surface area contributed by atoms with E-state index in [0.717, 1.165) is 75.7 Å². The molecule has 2 aliphatic rings. The highest BCUT2D eigenvalue weighted by Crippen LogP contribution is 2.28. The van der Waals surface area contributed by atoms with E-state index in [2.05, 4.69) is 18.7 Å². The summed E-state index contributed by atoms with van der Waals surface area (Å²) in [5.74, 6) is -0.239. The van der Waals surface area contributed by atoms with Crippen LogP contribution < -0.4 is 4.90 Å². The van der Waals surface area contributed by atoms with Crippen LogP contribution in [0.5, 0.6) is 0 Å². The number of anilines is 1. The third-order valence-electron chi connectivity index (χ3n) is 8.09. The van der Waals surface area contributed by atoms with Crippen LogP contribution in [0.2, 0.25) is 0 Å². The largest absolute Gasteiger partial charge is 0.480 e. The van der Waals surface area contributed by atoms with Crippen molar-refractivity contribution in [2.45, 2.75) is 97.9 Å². The third-order valence-corrected chi connectivity index (χ3v) is 8.09. The normalized spacial score (nSPS) is 18.4. The van der Waals surface area contributed by atoms with E-state index in [-0.39, 0.29) is 18.4 Å². The quantitative estimate of drug-likeness (QED) is 0.451. The Balaban J connectivity index is 1.94. The predicted octanol–water partition coefficient (Wildman–Crippen LogP) is 5.96. The molecule has 38 heavy (non-hydrogen) atoms. The van der Waals surface area contributed by atoms with Gasteiger partial charge in [-0.1, -0.05) is 52.4 Å². The lowest BCUT2D eigenvalue weighted by atomic mass is 9.89. The van der Waals surface area contributed by atoms with Crippen molar-refractivity contribution < 1.29 is 19.5 Å². The molecule has 0 saturated heterocycles. The summed E-state index contributed by atoms with van der Waals surface area (Å²) < 4.78 is 0. The zero-order valence-corrected chi connectivity index (χ0v) is 23.9. The number of nitrogens with zero attached hydrogens (tertiary/aromatic N) is 3. The second-order valence-corrected chi connectivity index (χ2v) is 11.8. The van der Waals surface area contributed by atoms with E-state index in [0.29, 0.717) is 37.0 Å². The van der Waals surface area contributed by atoms with E-state index in [4.69, 9.17) is 0 Å². The Morgan fingerprint density at radius 1 is 0.974 bits per heavy atom. The molecule has 1 saturated carbocycles. The summed E-state index contributed by atoms with van der Waals surface area (Å²) in [5.41, 5.74) is 2.37.